The van der Waals surface area contributed by atoms with Gasteiger partial charge in [-0.05, 0) is 11.1 Å². The number of rotatable bonds is 7. The maximum Gasteiger partial charge on any atom is 0.252 e. The van der Waals surface area contributed by atoms with Crippen molar-refractivity contribution in [2.24, 2.45) is 0 Å². The fourth-order valence-corrected chi connectivity index (χ4v) is 2.23. The number of amides is 3. The zero-order valence-electron chi connectivity index (χ0n) is 14.0. The molecule has 0 aliphatic rings. The molecule has 25 heavy (non-hydrogen) atoms. The first-order chi connectivity index (χ1) is 12.1. The molecule has 2 rings (SSSR count). The number of benzene rings is 2. The molecule has 2 aromatic rings. The van der Waals surface area contributed by atoms with Gasteiger partial charge in [0.15, 0.2) is 6.04 Å². The third-order valence-electron chi connectivity index (χ3n) is 3.49. The quantitative estimate of drug-likeness (QED) is 0.661. The minimum Gasteiger partial charge on any atom is -0.350 e. The topological polar surface area (TPSA) is 87.3 Å². The van der Waals surface area contributed by atoms with Crippen LogP contribution in [0, 0.1) is 0 Å². The summed E-state index contributed by atoms with van der Waals surface area (Å²) >= 11 is 0. The maximum atomic E-state index is 12.3. The highest BCUT2D eigenvalue weighted by Crippen LogP contribution is 2.00. The Morgan fingerprint density at radius 2 is 1.16 bits per heavy atom. The number of carbonyl (C=O) groups is 3. The van der Waals surface area contributed by atoms with E-state index in [1.165, 1.54) is 6.92 Å². The Hall–Kier alpha value is -3.15. The first-order valence-electron chi connectivity index (χ1n) is 7.96. The van der Waals surface area contributed by atoms with Crippen molar-refractivity contribution < 1.29 is 14.4 Å². The Morgan fingerprint density at radius 3 is 1.52 bits per heavy atom. The molecule has 0 aromatic heterocycles. The normalized spacial score (nSPS) is 10.2. The molecule has 3 amide bonds. The van der Waals surface area contributed by atoms with Gasteiger partial charge in [-0.25, -0.2) is 0 Å². The van der Waals surface area contributed by atoms with Crippen LogP contribution in [0.25, 0.3) is 0 Å². The van der Waals surface area contributed by atoms with Crippen LogP contribution in [0.2, 0.25) is 0 Å². The third-order valence-corrected chi connectivity index (χ3v) is 3.49. The number of carbonyl (C=O) groups excluding carboxylic acids is 3. The predicted molar refractivity (Wildman–Crippen MR) is 94.2 cm³/mol. The second-order valence-electron chi connectivity index (χ2n) is 5.54. The van der Waals surface area contributed by atoms with E-state index in [0.717, 1.165) is 11.1 Å². The van der Waals surface area contributed by atoms with Gasteiger partial charge in [0, 0.05) is 20.0 Å². The molecule has 0 unspecified atom stereocenters. The van der Waals surface area contributed by atoms with E-state index in [1.54, 1.807) is 0 Å². The molecule has 0 aliphatic carbocycles. The van der Waals surface area contributed by atoms with E-state index in [1.807, 2.05) is 60.7 Å². The SMILES string of the molecule is CC(=O)NC(C(=O)NCc1ccccc1)C(=O)NCc1ccccc1. The van der Waals surface area contributed by atoms with Gasteiger partial charge in [-0.3, -0.25) is 14.4 Å². The molecule has 0 saturated heterocycles. The summed E-state index contributed by atoms with van der Waals surface area (Å²) in [6, 6.07) is 17.4. The van der Waals surface area contributed by atoms with Crippen molar-refractivity contribution >= 4 is 17.7 Å². The Kier molecular flexibility index (Phi) is 6.71. The second-order valence-corrected chi connectivity index (χ2v) is 5.54. The van der Waals surface area contributed by atoms with Gasteiger partial charge in [0.05, 0.1) is 0 Å². The monoisotopic (exact) mass is 339 g/mol. The van der Waals surface area contributed by atoms with Crippen LogP contribution in [0.5, 0.6) is 0 Å². The Morgan fingerprint density at radius 1 is 0.760 bits per heavy atom. The van der Waals surface area contributed by atoms with Gasteiger partial charge in [0.1, 0.15) is 0 Å². The summed E-state index contributed by atoms with van der Waals surface area (Å²) in [6.45, 7) is 1.82. The molecule has 6 nitrogen and oxygen atoms in total. The lowest BCUT2D eigenvalue weighted by Gasteiger charge is -2.17. The molecule has 0 bridgehead atoms. The highest BCUT2D eigenvalue weighted by atomic mass is 16.2. The van der Waals surface area contributed by atoms with Crippen molar-refractivity contribution in [1.29, 1.82) is 0 Å². The predicted octanol–water partition coefficient (Wildman–Crippen LogP) is 1.12. The molecular formula is C19H21N3O3. The average molecular weight is 339 g/mol. The van der Waals surface area contributed by atoms with Gasteiger partial charge in [-0.15, -0.1) is 0 Å². The highest BCUT2D eigenvalue weighted by molar-refractivity contribution is 6.06. The molecule has 6 heteroatoms. The molecular weight excluding hydrogens is 318 g/mol. The fraction of sp³-hybridized carbons (Fsp3) is 0.211. The minimum absolute atomic E-state index is 0.279. The van der Waals surface area contributed by atoms with Crippen LogP contribution in [0.15, 0.2) is 60.7 Å². The molecule has 0 radical (unpaired) electrons. The second kappa shape index (κ2) is 9.22. The van der Waals surface area contributed by atoms with Crippen molar-refractivity contribution in [1.82, 2.24) is 16.0 Å². The summed E-state index contributed by atoms with van der Waals surface area (Å²) in [5.41, 5.74) is 1.81. The van der Waals surface area contributed by atoms with E-state index < -0.39 is 23.8 Å². The summed E-state index contributed by atoms with van der Waals surface area (Å²) in [4.78, 5) is 36.0. The van der Waals surface area contributed by atoms with Crippen LogP contribution < -0.4 is 16.0 Å². The van der Waals surface area contributed by atoms with Crippen LogP contribution in [0.3, 0.4) is 0 Å². The number of hydrogen-bond donors (Lipinski definition) is 3. The molecule has 0 heterocycles. The molecule has 0 saturated carbocycles. The molecule has 0 fully saturated rings. The molecule has 0 spiro atoms. The van der Waals surface area contributed by atoms with E-state index in [4.69, 9.17) is 0 Å². The number of hydrogen-bond acceptors (Lipinski definition) is 3. The Labute approximate surface area is 146 Å². The fourth-order valence-electron chi connectivity index (χ4n) is 2.23. The summed E-state index contributed by atoms with van der Waals surface area (Å²) in [5.74, 6) is -1.55. The van der Waals surface area contributed by atoms with Gasteiger partial charge in [0.2, 0.25) is 5.91 Å². The summed E-state index contributed by atoms with van der Waals surface area (Å²) in [6.07, 6.45) is 0. The first kappa shape index (κ1) is 18.2. The first-order valence-corrected chi connectivity index (χ1v) is 7.96. The molecule has 130 valence electrons. The smallest absolute Gasteiger partial charge is 0.252 e. The molecule has 0 aliphatic heterocycles. The lowest BCUT2D eigenvalue weighted by Crippen LogP contribution is -2.54. The number of nitrogens with one attached hydrogen (secondary N) is 3. The lowest BCUT2D eigenvalue weighted by atomic mass is 10.2. The highest BCUT2D eigenvalue weighted by Gasteiger charge is 2.27. The van der Waals surface area contributed by atoms with Crippen LogP contribution >= 0.6 is 0 Å². The van der Waals surface area contributed by atoms with Gasteiger partial charge >= 0.3 is 0 Å². The van der Waals surface area contributed by atoms with E-state index in [-0.39, 0.29) is 13.1 Å². The summed E-state index contributed by atoms with van der Waals surface area (Å²) in [5, 5.41) is 7.73. The zero-order chi connectivity index (χ0) is 18.1. The van der Waals surface area contributed by atoms with E-state index in [0.29, 0.717) is 0 Å². The van der Waals surface area contributed by atoms with Crippen molar-refractivity contribution in [2.45, 2.75) is 26.1 Å². The van der Waals surface area contributed by atoms with Crippen LogP contribution in [0.1, 0.15) is 18.1 Å². The standard InChI is InChI=1S/C19H21N3O3/c1-14(23)22-17(18(24)20-12-15-8-4-2-5-9-15)19(25)21-13-16-10-6-3-7-11-16/h2-11,17H,12-13H2,1H3,(H,20,24)(H,21,25)(H,22,23). The Bertz CT molecular complexity index is 662. The third kappa shape index (κ3) is 6.10. The van der Waals surface area contributed by atoms with Crippen LogP contribution in [-0.4, -0.2) is 23.8 Å². The summed E-state index contributed by atoms with van der Waals surface area (Å²) < 4.78 is 0. The van der Waals surface area contributed by atoms with Gasteiger partial charge in [-0.2, -0.15) is 0 Å². The van der Waals surface area contributed by atoms with E-state index in [2.05, 4.69) is 16.0 Å². The average Bonchev–Trinajstić information content (AvgIpc) is 2.64. The van der Waals surface area contributed by atoms with E-state index >= 15 is 0 Å². The van der Waals surface area contributed by atoms with Gasteiger partial charge in [0.25, 0.3) is 11.8 Å². The molecule has 0 atom stereocenters. The Balaban J connectivity index is 1.95. The van der Waals surface area contributed by atoms with Crippen molar-refractivity contribution in [3.63, 3.8) is 0 Å². The zero-order valence-corrected chi connectivity index (χ0v) is 14.0. The van der Waals surface area contributed by atoms with Crippen LogP contribution in [0.4, 0.5) is 0 Å². The van der Waals surface area contributed by atoms with Gasteiger partial charge < -0.3 is 16.0 Å². The lowest BCUT2D eigenvalue weighted by molar-refractivity contribution is -0.136. The van der Waals surface area contributed by atoms with Crippen molar-refractivity contribution in [3.8, 4) is 0 Å². The molecule has 3 N–H and O–H groups in total. The summed E-state index contributed by atoms with van der Waals surface area (Å²) in [7, 11) is 0. The van der Waals surface area contributed by atoms with Crippen molar-refractivity contribution in [2.75, 3.05) is 0 Å². The largest absolute Gasteiger partial charge is 0.350 e. The van der Waals surface area contributed by atoms with Gasteiger partial charge in [-0.1, -0.05) is 60.7 Å². The van der Waals surface area contributed by atoms with E-state index in [9.17, 15) is 14.4 Å². The van der Waals surface area contributed by atoms with Crippen molar-refractivity contribution in [3.05, 3.63) is 71.8 Å². The molecule has 2 aromatic carbocycles. The minimum atomic E-state index is -1.27. The van der Waals surface area contributed by atoms with Crippen LogP contribution in [-0.2, 0) is 27.5 Å². The maximum absolute atomic E-state index is 12.3.